The third-order valence-corrected chi connectivity index (χ3v) is 6.00. The van der Waals surface area contributed by atoms with Crippen LogP contribution in [0.2, 0.25) is 0 Å². The van der Waals surface area contributed by atoms with Crippen LogP contribution in [0.15, 0.2) is 48.8 Å². The molecule has 1 aliphatic carbocycles. The van der Waals surface area contributed by atoms with Gasteiger partial charge >= 0.3 is 5.97 Å². The summed E-state index contributed by atoms with van der Waals surface area (Å²) in [4.78, 5) is 23.4. The van der Waals surface area contributed by atoms with Crippen molar-refractivity contribution in [3.05, 3.63) is 71.3 Å². The molecule has 6 heteroatoms. The number of fused-ring (bicyclic) bond motifs is 2. The minimum absolute atomic E-state index is 0.118. The molecule has 3 aromatic rings. The summed E-state index contributed by atoms with van der Waals surface area (Å²) in [6.07, 6.45) is 5.55. The van der Waals surface area contributed by atoms with Crippen molar-refractivity contribution in [3.8, 4) is 11.1 Å². The first kappa shape index (κ1) is 18.7. The van der Waals surface area contributed by atoms with Gasteiger partial charge in [0, 0.05) is 41.2 Å². The lowest BCUT2D eigenvalue weighted by atomic mass is 9.97. The summed E-state index contributed by atoms with van der Waals surface area (Å²) in [5.74, 6) is -0.0690. The Morgan fingerprint density at radius 2 is 1.93 bits per heavy atom. The second kappa shape index (κ2) is 6.90. The summed E-state index contributed by atoms with van der Waals surface area (Å²) in [6, 6.07) is 10.7. The molecule has 1 aliphatic heterocycles. The summed E-state index contributed by atoms with van der Waals surface area (Å²) >= 11 is 0. The van der Waals surface area contributed by atoms with Gasteiger partial charge in [0.2, 0.25) is 5.95 Å². The van der Waals surface area contributed by atoms with E-state index in [9.17, 15) is 9.18 Å². The third kappa shape index (κ3) is 3.03. The van der Waals surface area contributed by atoms with Gasteiger partial charge in [0.25, 0.3) is 0 Å². The lowest BCUT2D eigenvalue weighted by Crippen LogP contribution is -2.21. The van der Waals surface area contributed by atoms with Crippen LogP contribution in [0.1, 0.15) is 41.3 Å². The van der Waals surface area contributed by atoms with Gasteiger partial charge < -0.3 is 9.64 Å². The molecule has 2 aliphatic rings. The molecule has 30 heavy (non-hydrogen) atoms. The number of benzene rings is 2. The van der Waals surface area contributed by atoms with Crippen molar-refractivity contribution >= 4 is 17.6 Å². The Labute approximate surface area is 174 Å². The van der Waals surface area contributed by atoms with Crippen LogP contribution in [0, 0.1) is 12.7 Å². The van der Waals surface area contributed by atoms with E-state index >= 15 is 0 Å². The molecule has 5 nitrogen and oxygen atoms in total. The minimum Gasteiger partial charge on any atom is -0.462 e. The Balaban J connectivity index is 1.50. The van der Waals surface area contributed by atoms with Crippen molar-refractivity contribution in [2.24, 2.45) is 0 Å². The zero-order valence-electron chi connectivity index (χ0n) is 17.0. The Hall–Kier alpha value is -3.28. The molecule has 2 heterocycles. The predicted molar refractivity (Wildman–Crippen MR) is 112 cm³/mol. The number of hydrogen-bond acceptors (Lipinski definition) is 5. The van der Waals surface area contributed by atoms with Gasteiger partial charge in [-0.3, -0.25) is 0 Å². The fraction of sp³-hybridized carbons (Fsp3) is 0.292. The Bertz CT molecular complexity index is 1140. The van der Waals surface area contributed by atoms with Crippen molar-refractivity contribution in [2.75, 3.05) is 18.1 Å². The number of carbonyl (C=O) groups is 1. The Kier molecular flexibility index (Phi) is 4.31. The SMILES string of the molecule is CCOC(=O)c1ccc2c(c1)N(c1ncc(-c3cc(C)ccc3F)cn1)CC21CC1. The lowest BCUT2D eigenvalue weighted by Gasteiger charge is -2.18. The molecule has 2 aromatic carbocycles. The van der Waals surface area contributed by atoms with Gasteiger partial charge in [-0.15, -0.1) is 0 Å². The third-order valence-electron chi connectivity index (χ3n) is 6.00. The molecular formula is C24H22FN3O2. The van der Waals surface area contributed by atoms with E-state index < -0.39 is 0 Å². The average Bonchev–Trinajstić information content (AvgIpc) is 3.47. The molecule has 0 atom stereocenters. The number of carbonyl (C=O) groups excluding carboxylic acids is 1. The molecule has 0 bridgehead atoms. The number of aryl methyl sites for hydroxylation is 1. The molecule has 0 radical (unpaired) electrons. The molecule has 1 spiro atoms. The van der Waals surface area contributed by atoms with E-state index in [0.717, 1.165) is 30.6 Å². The molecule has 0 saturated heterocycles. The monoisotopic (exact) mass is 403 g/mol. The van der Waals surface area contributed by atoms with Crippen molar-refractivity contribution < 1.29 is 13.9 Å². The summed E-state index contributed by atoms with van der Waals surface area (Å²) in [7, 11) is 0. The zero-order valence-corrected chi connectivity index (χ0v) is 17.0. The number of nitrogens with zero attached hydrogens (tertiary/aromatic N) is 3. The second-order valence-electron chi connectivity index (χ2n) is 8.07. The van der Waals surface area contributed by atoms with Crippen LogP contribution in [0.5, 0.6) is 0 Å². The first-order valence-corrected chi connectivity index (χ1v) is 10.2. The van der Waals surface area contributed by atoms with Crippen molar-refractivity contribution in [3.63, 3.8) is 0 Å². The first-order valence-electron chi connectivity index (χ1n) is 10.2. The summed E-state index contributed by atoms with van der Waals surface area (Å²) in [6.45, 7) is 4.84. The fourth-order valence-electron chi connectivity index (χ4n) is 4.23. The van der Waals surface area contributed by atoms with E-state index in [1.807, 2.05) is 25.1 Å². The largest absolute Gasteiger partial charge is 0.462 e. The van der Waals surface area contributed by atoms with Gasteiger partial charge in [-0.1, -0.05) is 17.7 Å². The molecule has 1 fully saturated rings. The van der Waals surface area contributed by atoms with Crippen LogP contribution in [0.4, 0.5) is 16.0 Å². The molecule has 152 valence electrons. The number of hydrogen-bond donors (Lipinski definition) is 0. The van der Waals surface area contributed by atoms with Gasteiger partial charge in [0.05, 0.1) is 12.2 Å². The van der Waals surface area contributed by atoms with E-state index in [-0.39, 0.29) is 17.2 Å². The van der Waals surface area contributed by atoms with Gasteiger partial charge in [-0.2, -0.15) is 0 Å². The minimum atomic E-state index is -0.330. The summed E-state index contributed by atoms with van der Waals surface area (Å²) in [5.41, 5.74) is 4.93. The maximum atomic E-state index is 14.2. The van der Waals surface area contributed by atoms with Crippen LogP contribution in [0.25, 0.3) is 11.1 Å². The molecule has 0 unspecified atom stereocenters. The van der Waals surface area contributed by atoms with Gasteiger partial charge in [-0.05, 0) is 56.5 Å². The Morgan fingerprint density at radius 3 is 2.63 bits per heavy atom. The quantitative estimate of drug-likeness (QED) is 0.577. The molecular weight excluding hydrogens is 381 g/mol. The molecule has 0 amide bonds. The van der Waals surface area contributed by atoms with Crippen molar-refractivity contribution in [1.29, 1.82) is 0 Å². The van der Waals surface area contributed by atoms with Crippen LogP contribution >= 0.6 is 0 Å². The number of aromatic nitrogens is 2. The predicted octanol–water partition coefficient (Wildman–Crippen LogP) is 4.95. The molecule has 5 rings (SSSR count). The summed E-state index contributed by atoms with van der Waals surface area (Å²) < 4.78 is 19.4. The van der Waals surface area contributed by atoms with Crippen LogP contribution < -0.4 is 4.90 Å². The Morgan fingerprint density at radius 1 is 1.17 bits per heavy atom. The van der Waals surface area contributed by atoms with Gasteiger partial charge in [0.15, 0.2) is 0 Å². The molecule has 1 aromatic heterocycles. The lowest BCUT2D eigenvalue weighted by molar-refractivity contribution is 0.0526. The maximum absolute atomic E-state index is 14.2. The molecule has 1 saturated carbocycles. The summed E-state index contributed by atoms with van der Waals surface area (Å²) in [5, 5.41) is 0. The van der Waals surface area contributed by atoms with Crippen LogP contribution in [0.3, 0.4) is 0 Å². The van der Waals surface area contributed by atoms with Crippen molar-refractivity contribution in [2.45, 2.75) is 32.1 Å². The number of halogens is 1. The van der Waals surface area contributed by atoms with E-state index in [1.165, 1.54) is 11.6 Å². The average molecular weight is 403 g/mol. The van der Waals surface area contributed by atoms with E-state index in [4.69, 9.17) is 4.74 Å². The number of anilines is 2. The second-order valence-corrected chi connectivity index (χ2v) is 8.07. The van der Waals surface area contributed by atoms with E-state index in [1.54, 1.807) is 31.5 Å². The number of esters is 1. The zero-order chi connectivity index (χ0) is 20.9. The topological polar surface area (TPSA) is 55.3 Å². The smallest absolute Gasteiger partial charge is 0.338 e. The standard InChI is InChI=1S/C24H22FN3O2/c1-3-30-22(29)16-5-6-19-21(11-16)28(14-24(19)8-9-24)23-26-12-17(13-27-23)18-10-15(2)4-7-20(18)25/h4-7,10-13H,3,8-9,14H2,1-2H3. The number of rotatable bonds is 4. The van der Waals surface area contributed by atoms with Gasteiger partial charge in [0.1, 0.15) is 5.82 Å². The van der Waals surface area contributed by atoms with Crippen molar-refractivity contribution in [1.82, 2.24) is 9.97 Å². The highest BCUT2D eigenvalue weighted by atomic mass is 19.1. The first-order chi connectivity index (χ1) is 14.5. The highest BCUT2D eigenvalue weighted by Gasteiger charge is 2.52. The highest BCUT2D eigenvalue weighted by molar-refractivity contribution is 5.92. The van der Waals surface area contributed by atoms with E-state index in [2.05, 4.69) is 14.9 Å². The highest BCUT2D eigenvalue weighted by Crippen LogP contribution is 2.57. The maximum Gasteiger partial charge on any atom is 0.338 e. The van der Waals surface area contributed by atoms with Gasteiger partial charge in [-0.25, -0.2) is 19.2 Å². The number of ether oxygens (including phenoxy) is 1. The fourth-order valence-corrected chi connectivity index (χ4v) is 4.23. The van der Waals surface area contributed by atoms with Crippen LogP contribution in [-0.2, 0) is 10.2 Å². The normalized spacial score (nSPS) is 15.9. The van der Waals surface area contributed by atoms with E-state index in [0.29, 0.717) is 29.2 Å². The molecule has 0 N–H and O–H groups in total. The van der Waals surface area contributed by atoms with Crippen LogP contribution in [-0.4, -0.2) is 29.1 Å².